The smallest absolute Gasteiger partial charge is 0.407 e. The SMILES string of the molecule is CC(COC(=O)NCCCCCCn1c(O)cc(SCC(N)C(=O)O)c1O)NC(=O)N(CC1CNCC1F)C(c1nc(-c2cc(F)ccc2F)cn1Cc1ccccc1)C1CCOCC1. The molecule has 2 saturated heterocycles. The summed E-state index contributed by atoms with van der Waals surface area (Å²) in [5.41, 5.74) is 6.60. The number of nitrogens with zero attached hydrogens (tertiary/aromatic N) is 4. The fourth-order valence-electron chi connectivity index (χ4n) is 8.09. The van der Waals surface area contributed by atoms with E-state index in [-0.39, 0.29) is 54.4 Å². The van der Waals surface area contributed by atoms with Crippen molar-refractivity contribution in [3.05, 3.63) is 83.8 Å². The number of aliphatic carboxylic acids is 1. The molecule has 0 spiro atoms. The van der Waals surface area contributed by atoms with Crippen LogP contribution in [0.1, 0.15) is 62.9 Å². The van der Waals surface area contributed by atoms with E-state index in [0.29, 0.717) is 75.8 Å². The van der Waals surface area contributed by atoms with E-state index in [4.69, 9.17) is 25.3 Å². The highest BCUT2D eigenvalue weighted by Gasteiger charge is 2.40. The monoisotopic (exact) mass is 928 g/mol. The van der Waals surface area contributed by atoms with E-state index in [1.165, 1.54) is 10.6 Å². The minimum absolute atomic E-state index is 0.0234. The molecule has 2 aliphatic rings. The maximum Gasteiger partial charge on any atom is 0.407 e. The minimum Gasteiger partial charge on any atom is -0.494 e. The van der Waals surface area contributed by atoms with Crippen LogP contribution in [0, 0.1) is 23.5 Å². The van der Waals surface area contributed by atoms with Crippen LogP contribution >= 0.6 is 11.8 Å². The molecule has 0 bridgehead atoms. The Morgan fingerprint density at radius 2 is 1.82 bits per heavy atom. The van der Waals surface area contributed by atoms with Crippen LogP contribution in [0.25, 0.3) is 11.3 Å². The van der Waals surface area contributed by atoms with Gasteiger partial charge in [0.05, 0.1) is 22.7 Å². The number of aromatic hydroxyl groups is 2. The Kier molecular flexibility index (Phi) is 17.8. The van der Waals surface area contributed by atoms with Gasteiger partial charge in [-0.15, -0.1) is 11.8 Å². The number of halogens is 3. The molecule has 4 heterocycles. The van der Waals surface area contributed by atoms with E-state index >= 15 is 8.78 Å². The summed E-state index contributed by atoms with van der Waals surface area (Å²) in [5.74, 6) is -3.02. The molecule has 354 valence electrons. The van der Waals surface area contributed by atoms with Crippen molar-refractivity contribution in [3.63, 3.8) is 0 Å². The Labute approximate surface area is 380 Å². The lowest BCUT2D eigenvalue weighted by Crippen LogP contribution is -2.52. The number of imidazole rings is 1. The number of urea groups is 1. The summed E-state index contributed by atoms with van der Waals surface area (Å²) in [7, 11) is 0. The highest BCUT2D eigenvalue weighted by Crippen LogP contribution is 2.39. The number of thioether (sulfide) groups is 1. The van der Waals surface area contributed by atoms with Gasteiger partial charge in [0.2, 0.25) is 5.88 Å². The van der Waals surface area contributed by atoms with Gasteiger partial charge < -0.3 is 55.9 Å². The molecule has 0 saturated carbocycles. The van der Waals surface area contributed by atoms with Crippen molar-refractivity contribution >= 4 is 29.9 Å². The fourth-order valence-corrected chi connectivity index (χ4v) is 9.02. The van der Waals surface area contributed by atoms with Crippen LogP contribution in [0.4, 0.5) is 22.8 Å². The maximum absolute atomic E-state index is 15.4. The number of unbranched alkanes of at least 4 members (excludes halogenated alkanes) is 3. The van der Waals surface area contributed by atoms with Crippen molar-refractivity contribution in [2.24, 2.45) is 17.6 Å². The zero-order chi connectivity index (χ0) is 46.5. The molecular weight excluding hydrogens is 870 g/mol. The van der Waals surface area contributed by atoms with Gasteiger partial charge in [-0.2, -0.15) is 0 Å². The summed E-state index contributed by atoms with van der Waals surface area (Å²) >= 11 is 1.04. The zero-order valence-electron chi connectivity index (χ0n) is 36.3. The van der Waals surface area contributed by atoms with Gasteiger partial charge >= 0.3 is 18.1 Å². The van der Waals surface area contributed by atoms with Gasteiger partial charge in [0.25, 0.3) is 0 Å². The Bertz CT molecular complexity index is 2190. The molecule has 2 aliphatic heterocycles. The normalized spacial score (nSPS) is 17.9. The predicted molar refractivity (Wildman–Crippen MR) is 237 cm³/mol. The van der Waals surface area contributed by atoms with Crippen LogP contribution in [-0.2, 0) is 27.4 Å². The Morgan fingerprint density at radius 1 is 1.06 bits per heavy atom. The molecule has 0 radical (unpaired) electrons. The Balaban J connectivity index is 1.08. The van der Waals surface area contributed by atoms with Gasteiger partial charge in [-0.25, -0.2) is 27.7 Å². The van der Waals surface area contributed by atoms with Gasteiger partial charge in [0, 0.05) is 82.0 Å². The molecule has 2 aromatic heterocycles. The number of nitrogens with two attached hydrogens (primary N) is 1. The zero-order valence-corrected chi connectivity index (χ0v) is 37.2. The number of carbonyl (C=O) groups is 3. The largest absolute Gasteiger partial charge is 0.494 e. The van der Waals surface area contributed by atoms with Crippen LogP contribution in [-0.4, -0.2) is 122 Å². The average Bonchev–Trinajstić information content (AvgIpc) is 3.98. The number of benzene rings is 2. The first-order chi connectivity index (χ1) is 31.3. The van der Waals surface area contributed by atoms with Crippen molar-refractivity contribution in [3.8, 4) is 23.0 Å². The maximum atomic E-state index is 15.4. The van der Waals surface area contributed by atoms with Crippen molar-refractivity contribution < 1.29 is 52.3 Å². The molecule has 0 aliphatic carbocycles. The summed E-state index contributed by atoms with van der Waals surface area (Å²) in [5, 5.41) is 38.5. The molecule has 5 unspecified atom stereocenters. The predicted octanol–water partition coefficient (Wildman–Crippen LogP) is 6.01. The molecule has 65 heavy (non-hydrogen) atoms. The van der Waals surface area contributed by atoms with E-state index < -0.39 is 59.9 Å². The number of ether oxygens (including phenoxy) is 2. The van der Waals surface area contributed by atoms with E-state index in [1.54, 1.807) is 18.0 Å². The van der Waals surface area contributed by atoms with E-state index in [0.717, 1.165) is 48.4 Å². The summed E-state index contributed by atoms with van der Waals surface area (Å²) in [6.45, 7) is 3.85. The number of carboxylic acid groups (broad SMARTS) is 1. The van der Waals surface area contributed by atoms with Crippen LogP contribution in [0.3, 0.4) is 0 Å². The number of hydrogen-bond donors (Lipinski definition) is 7. The van der Waals surface area contributed by atoms with Gasteiger partial charge in [-0.1, -0.05) is 43.2 Å². The number of alkyl carbamates (subject to hydrolysis) is 1. The topological polar surface area (TPSA) is 218 Å². The number of carbonyl (C=O) groups excluding carboxylic acids is 2. The summed E-state index contributed by atoms with van der Waals surface area (Å²) in [4.78, 5) is 45.1. The number of aromatic nitrogens is 3. The van der Waals surface area contributed by atoms with Crippen molar-refractivity contribution in [1.29, 1.82) is 0 Å². The second-order valence-corrected chi connectivity index (χ2v) is 17.7. The van der Waals surface area contributed by atoms with Gasteiger partial charge in [-0.3, -0.25) is 9.36 Å². The number of rotatable bonds is 22. The van der Waals surface area contributed by atoms with Crippen LogP contribution < -0.4 is 21.7 Å². The number of alkyl halides is 1. The molecule has 2 fully saturated rings. The molecule has 4 aromatic rings. The third kappa shape index (κ3) is 13.6. The lowest BCUT2D eigenvalue weighted by molar-refractivity contribution is -0.137. The Hall–Kier alpha value is -5.44. The second-order valence-electron chi connectivity index (χ2n) is 16.6. The standard InChI is InChI=1S/C45H59F3N8O8S/c1-28(26-64-45(62)51-15-7-2-3-8-16-55-39(57)20-38(42(55)58)65-27-36(49)43(59)60)52-44(61)56(24-31-21-50-22-35(31)48)40(30-13-17-63-18-14-30)41-53-37(33-19-32(46)11-12-34(33)47)25-54(41)23-29-9-5-4-6-10-29/h4-6,9-12,19-20,25,28,30-31,35-36,40,50,57-58H,2-3,7-8,13-18,21-24,26-27,49H2,1H3,(H,51,62)(H,52,61)(H,59,60). The van der Waals surface area contributed by atoms with Crippen LogP contribution in [0.15, 0.2) is 65.7 Å². The van der Waals surface area contributed by atoms with Crippen molar-refractivity contribution in [2.75, 3.05) is 51.8 Å². The van der Waals surface area contributed by atoms with E-state index in [2.05, 4.69) is 16.0 Å². The summed E-state index contributed by atoms with van der Waals surface area (Å²) in [6, 6.07) is 11.1. The fraction of sp³-hybridized carbons (Fsp3) is 0.511. The van der Waals surface area contributed by atoms with Gasteiger partial charge in [0.15, 0.2) is 5.88 Å². The third-order valence-corrected chi connectivity index (χ3v) is 12.8. The number of nitrogens with one attached hydrogen (secondary N) is 3. The quantitative estimate of drug-likeness (QED) is 0.0357. The van der Waals surface area contributed by atoms with Gasteiger partial charge in [-0.05, 0) is 62.3 Å². The van der Waals surface area contributed by atoms with E-state index in [9.17, 15) is 29.0 Å². The molecule has 16 nitrogen and oxygen atoms in total. The lowest BCUT2D eigenvalue weighted by atomic mass is 9.89. The molecule has 3 amide bonds. The first kappa shape index (κ1) is 49.0. The second kappa shape index (κ2) is 23.7. The third-order valence-electron chi connectivity index (χ3n) is 11.6. The average molecular weight is 929 g/mol. The summed E-state index contributed by atoms with van der Waals surface area (Å²) in [6.07, 6.45) is 3.59. The van der Waals surface area contributed by atoms with E-state index in [1.807, 2.05) is 34.9 Å². The van der Waals surface area contributed by atoms with Crippen LogP contribution in [0.5, 0.6) is 11.8 Å². The highest BCUT2D eigenvalue weighted by atomic mass is 32.2. The highest BCUT2D eigenvalue weighted by molar-refractivity contribution is 7.99. The van der Waals surface area contributed by atoms with Gasteiger partial charge in [0.1, 0.15) is 36.3 Å². The van der Waals surface area contributed by atoms with Crippen molar-refractivity contribution in [1.82, 2.24) is 35.0 Å². The molecule has 2 aromatic carbocycles. The first-order valence-corrected chi connectivity index (χ1v) is 23.0. The molecule has 6 rings (SSSR count). The lowest BCUT2D eigenvalue weighted by Gasteiger charge is -2.40. The summed E-state index contributed by atoms with van der Waals surface area (Å²) < 4.78 is 59.6. The molecular formula is C45H59F3N8O8S. The number of carboxylic acids is 1. The first-order valence-electron chi connectivity index (χ1n) is 22.0. The number of hydrogen-bond acceptors (Lipinski definition) is 11. The number of amides is 3. The molecule has 20 heteroatoms. The Morgan fingerprint density at radius 3 is 2.54 bits per heavy atom. The minimum atomic E-state index is -1.22. The molecule has 5 atom stereocenters. The van der Waals surface area contributed by atoms with Crippen LogP contribution in [0.2, 0.25) is 0 Å². The molecule has 8 N–H and O–H groups in total. The van der Waals surface area contributed by atoms with Crippen molar-refractivity contribution in [2.45, 2.75) is 87.7 Å².